The van der Waals surface area contributed by atoms with E-state index in [0.717, 1.165) is 0 Å². The highest BCUT2D eigenvalue weighted by Gasteiger charge is 2.91. The van der Waals surface area contributed by atoms with Crippen molar-refractivity contribution in [1.29, 1.82) is 10.5 Å². The predicted octanol–water partition coefficient (Wildman–Crippen LogP) is -1.58. The molecule has 18 heavy (non-hydrogen) atoms. The van der Waals surface area contributed by atoms with Gasteiger partial charge in [0.1, 0.15) is 11.8 Å². The van der Waals surface area contributed by atoms with Crippen LogP contribution in [0.2, 0.25) is 0 Å². The summed E-state index contributed by atoms with van der Waals surface area (Å²) in [7, 11) is 0. The summed E-state index contributed by atoms with van der Waals surface area (Å²) in [5.41, 5.74) is -4.20. The average molecular weight is 246 g/mol. The van der Waals surface area contributed by atoms with Gasteiger partial charge in [-0.3, -0.25) is 9.59 Å². The fourth-order valence-corrected chi connectivity index (χ4v) is 2.99. The average Bonchev–Trinajstić information content (AvgIpc) is 2.61. The van der Waals surface area contributed by atoms with Crippen LogP contribution in [0, 0.1) is 45.3 Å². The molecule has 0 radical (unpaired) electrons. The lowest BCUT2D eigenvalue weighted by Crippen LogP contribution is -2.66. The molecule has 2 heterocycles. The second-order valence-corrected chi connectivity index (χ2v) is 4.24. The molecule has 3 rings (SSSR count). The van der Waals surface area contributed by atoms with Gasteiger partial charge in [-0.25, -0.2) is 9.59 Å². The molecule has 8 nitrogen and oxygen atoms in total. The first-order chi connectivity index (χ1) is 8.46. The Morgan fingerprint density at radius 3 is 1.44 bits per heavy atom. The zero-order chi connectivity index (χ0) is 13.3. The maximum absolute atomic E-state index is 11.6. The van der Waals surface area contributed by atoms with Gasteiger partial charge in [0.05, 0.1) is 12.1 Å². The number of ether oxygens (including phenoxy) is 2. The summed E-state index contributed by atoms with van der Waals surface area (Å²) in [4.78, 5) is 46.1. The molecule has 8 heteroatoms. The van der Waals surface area contributed by atoms with Crippen molar-refractivity contribution in [2.45, 2.75) is 0 Å². The van der Waals surface area contributed by atoms with Crippen LogP contribution in [0.4, 0.5) is 0 Å². The molecule has 0 aromatic carbocycles. The number of carbonyl (C=O) groups is 4. The molecule has 1 aliphatic carbocycles. The third-order valence-corrected chi connectivity index (χ3v) is 3.72. The van der Waals surface area contributed by atoms with Crippen molar-refractivity contribution in [3.05, 3.63) is 0 Å². The number of hydrogen-bond donors (Lipinski definition) is 0. The molecule has 1 saturated carbocycles. The summed E-state index contributed by atoms with van der Waals surface area (Å²) < 4.78 is 8.58. The Labute approximate surface area is 98.7 Å². The van der Waals surface area contributed by atoms with Crippen LogP contribution in [0.5, 0.6) is 0 Å². The summed E-state index contributed by atoms with van der Waals surface area (Å²) in [6.45, 7) is 0. The summed E-state index contributed by atoms with van der Waals surface area (Å²) >= 11 is 0. The minimum Gasteiger partial charge on any atom is -0.392 e. The van der Waals surface area contributed by atoms with Crippen molar-refractivity contribution in [2.75, 3.05) is 0 Å². The lowest BCUT2D eigenvalue weighted by Gasteiger charge is -2.45. The molecule has 0 unspecified atom stereocenters. The van der Waals surface area contributed by atoms with Crippen molar-refractivity contribution in [2.24, 2.45) is 22.7 Å². The topological polar surface area (TPSA) is 134 Å². The Kier molecular flexibility index (Phi) is 1.48. The van der Waals surface area contributed by atoms with Crippen molar-refractivity contribution < 1.29 is 28.7 Å². The fraction of sp³-hybridized carbons (Fsp3) is 0.400. The number of carbonyl (C=O) groups excluding carboxylic acids is 4. The molecular weight excluding hydrogens is 244 g/mol. The van der Waals surface area contributed by atoms with Crippen LogP contribution < -0.4 is 0 Å². The third kappa shape index (κ3) is 0.653. The monoisotopic (exact) mass is 246 g/mol. The Morgan fingerprint density at radius 2 is 1.17 bits per heavy atom. The number of fused-ring (bicyclic) bond motifs is 4. The zero-order valence-electron chi connectivity index (χ0n) is 8.50. The minimum atomic E-state index is -2.10. The van der Waals surface area contributed by atoms with E-state index in [9.17, 15) is 19.2 Å². The number of hydrogen-bond acceptors (Lipinski definition) is 8. The molecule has 3 fully saturated rings. The van der Waals surface area contributed by atoms with Crippen molar-refractivity contribution in [3.63, 3.8) is 0 Å². The van der Waals surface area contributed by atoms with Crippen LogP contribution in [0.3, 0.4) is 0 Å². The van der Waals surface area contributed by atoms with Gasteiger partial charge in [-0.2, -0.15) is 10.5 Å². The SMILES string of the molecule is N#CC12C(=O)OC(=O)C1C1(C#N)C(=O)OC(=O)C21. The first-order valence-corrected chi connectivity index (χ1v) is 4.81. The van der Waals surface area contributed by atoms with Crippen LogP contribution in [-0.2, 0) is 28.7 Å². The van der Waals surface area contributed by atoms with E-state index in [-0.39, 0.29) is 0 Å². The van der Waals surface area contributed by atoms with Crippen molar-refractivity contribution >= 4 is 23.9 Å². The molecule has 2 aliphatic heterocycles. The third-order valence-electron chi connectivity index (χ3n) is 3.72. The zero-order valence-corrected chi connectivity index (χ0v) is 8.50. The van der Waals surface area contributed by atoms with Gasteiger partial charge < -0.3 is 9.47 Å². The van der Waals surface area contributed by atoms with E-state index < -0.39 is 46.5 Å². The Hall–Kier alpha value is -2.74. The van der Waals surface area contributed by atoms with Crippen molar-refractivity contribution in [3.8, 4) is 12.1 Å². The van der Waals surface area contributed by atoms with E-state index in [1.54, 1.807) is 0 Å². The van der Waals surface area contributed by atoms with Gasteiger partial charge >= 0.3 is 23.9 Å². The molecule has 2 saturated heterocycles. The Bertz CT molecular complexity index is 572. The molecule has 88 valence electrons. The Morgan fingerprint density at radius 1 is 0.833 bits per heavy atom. The maximum Gasteiger partial charge on any atom is 0.336 e. The van der Waals surface area contributed by atoms with Gasteiger partial charge in [0.2, 0.25) is 0 Å². The van der Waals surface area contributed by atoms with Gasteiger partial charge in [-0.15, -0.1) is 0 Å². The van der Waals surface area contributed by atoms with Crippen LogP contribution >= 0.6 is 0 Å². The van der Waals surface area contributed by atoms with Crippen LogP contribution in [0.25, 0.3) is 0 Å². The van der Waals surface area contributed by atoms with Gasteiger partial charge in [0, 0.05) is 0 Å². The molecule has 0 amide bonds. The highest BCUT2D eigenvalue weighted by Crippen LogP contribution is 2.70. The van der Waals surface area contributed by atoms with E-state index in [1.807, 2.05) is 0 Å². The number of nitrogens with zero attached hydrogens (tertiary/aromatic N) is 2. The molecule has 0 aromatic heterocycles. The van der Waals surface area contributed by atoms with E-state index in [1.165, 1.54) is 12.1 Å². The summed E-state index contributed by atoms with van der Waals surface area (Å²) in [6.07, 6.45) is 0. The lowest BCUT2D eigenvalue weighted by atomic mass is 9.41. The largest absolute Gasteiger partial charge is 0.392 e. The van der Waals surface area contributed by atoms with Gasteiger partial charge in [-0.1, -0.05) is 0 Å². The number of nitriles is 2. The summed E-state index contributed by atoms with van der Waals surface area (Å²) in [5, 5.41) is 18.1. The van der Waals surface area contributed by atoms with Crippen LogP contribution in [0.15, 0.2) is 0 Å². The standard InChI is InChI=1S/C10H2N2O6/c11-1-9-3(5(13)17-7(9)15)10(2-12)4(9)6(14)18-8(10)16/h3-4H. The van der Waals surface area contributed by atoms with E-state index >= 15 is 0 Å². The first kappa shape index (κ1) is 10.4. The molecule has 3 aliphatic rings. The normalized spacial score (nSPS) is 44.1. The van der Waals surface area contributed by atoms with Gasteiger partial charge in [-0.05, 0) is 0 Å². The molecule has 0 atom stereocenters. The van der Waals surface area contributed by atoms with Gasteiger partial charge in [0.15, 0.2) is 10.8 Å². The molecule has 0 bridgehead atoms. The van der Waals surface area contributed by atoms with E-state index in [4.69, 9.17) is 10.5 Å². The number of cyclic esters (lactones) is 4. The van der Waals surface area contributed by atoms with Gasteiger partial charge in [0.25, 0.3) is 0 Å². The molecule has 0 N–H and O–H groups in total. The smallest absolute Gasteiger partial charge is 0.336 e. The molecular formula is C10H2N2O6. The highest BCUT2D eigenvalue weighted by atomic mass is 16.6. The summed E-state index contributed by atoms with van der Waals surface area (Å²) in [5.74, 6) is -7.88. The maximum atomic E-state index is 11.6. The van der Waals surface area contributed by atoms with Crippen molar-refractivity contribution in [1.82, 2.24) is 0 Å². The van der Waals surface area contributed by atoms with E-state index in [2.05, 4.69) is 9.47 Å². The first-order valence-electron chi connectivity index (χ1n) is 4.81. The minimum absolute atomic E-state index is 1.15. The Balaban J connectivity index is 2.30. The van der Waals surface area contributed by atoms with Crippen LogP contribution in [-0.4, -0.2) is 23.9 Å². The lowest BCUT2D eigenvalue weighted by molar-refractivity contribution is -0.166. The summed E-state index contributed by atoms with van der Waals surface area (Å²) in [6, 6.07) is 3.08. The van der Waals surface area contributed by atoms with Crippen LogP contribution in [0.1, 0.15) is 0 Å². The highest BCUT2D eigenvalue weighted by molar-refractivity contribution is 6.16. The molecule has 0 aromatic rings. The quantitative estimate of drug-likeness (QED) is 0.369. The predicted molar refractivity (Wildman–Crippen MR) is 45.3 cm³/mol. The molecule has 0 spiro atoms. The number of rotatable bonds is 0. The second-order valence-electron chi connectivity index (χ2n) is 4.24. The second kappa shape index (κ2) is 2.57. The van der Waals surface area contributed by atoms with E-state index in [0.29, 0.717) is 0 Å². The fourth-order valence-electron chi connectivity index (χ4n) is 2.99. The number of esters is 4.